The number of hydrogen-bond acceptors (Lipinski definition) is 4. The second kappa shape index (κ2) is 9.80. The molecule has 2 heterocycles. The molecule has 0 atom stereocenters. The van der Waals surface area contributed by atoms with Crippen molar-refractivity contribution in [2.45, 2.75) is 32.1 Å². The predicted molar refractivity (Wildman–Crippen MR) is 112 cm³/mol. The Morgan fingerprint density at radius 2 is 1.89 bits per heavy atom. The molecule has 2 aromatic rings. The van der Waals surface area contributed by atoms with E-state index in [1.165, 1.54) is 31.4 Å². The van der Waals surface area contributed by atoms with Gasteiger partial charge in [-0.3, -0.25) is 0 Å². The van der Waals surface area contributed by atoms with E-state index in [1.807, 2.05) is 0 Å². The van der Waals surface area contributed by atoms with E-state index in [1.54, 1.807) is 18.2 Å². The van der Waals surface area contributed by atoms with Crippen LogP contribution in [0, 0.1) is 5.82 Å². The zero-order valence-corrected chi connectivity index (χ0v) is 16.6. The minimum absolute atomic E-state index is 0.215. The van der Waals surface area contributed by atoms with Gasteiger partial charge in [-0.2, -0.15) is 4.98 Å². The molecule has 5 nitrogen and oxygen atoms in total. The summed E-state index contributed by atoms with van der Waals surface area (Å²) in [5, 5.41) is 7.00. The van der Waals surface area contributed by atoms with Crippen molar-refractivity contribution >= 4 is 40.7 Å². The van der Waals surface area contributed by atoms with Gasteiger partial charge in [-0.15, -0.1) is 0 Å². The molecule has 0 spiro atoms. The van der Waals surface area contributed by atoms with Crippen molar-refractivity contribution in [2.75, 3.05) is 29.9 Å². The SMILES string of the molecule is Fc1ccc(CCCNC(=S)Nc2nc(Cl)cc(N3CCCCC3)n2)cc1. The minimum Gasteiger partial charge on any atom is -0.362 e. The smallest absolute Gasteiger partial charge is 0.232 e. The molecule has 27 heavy (non-hydrogen) atoms. The van der Waals surface area contributed by atoms with Crippen LogP contribution in [0.25, 0.3) is 0 Å². The van der Waals surface area contributed by atoms with Crippen LogP contribution in [0.5, 0.6) is 0 Å². The Hall–Kier alpha value is -1.99. The van der Waals surface area contributed by atoms with Crippen molar-refractivity contribution < 1.29 is 4.39 Å². The van der Waals surface area contributed by atoms with Crippen molar-refractivity contribution in [1.82, 2.24) is 15.3 Å². The summed E-state index contributed by atoms with van der Waals surface area (Å²) in [4.78, 5) is 11.0. The van der Waals surface area contributed by atoms with Gasteiger partial charge in [-0.25, -0.2) is 9.37 Å². The Balaban J connectivity index is 1.47. The number of nitrogens with zero attached hydrogens (tertiary/aromatic N) is 3. The quantitative estimate of drug-likeness (QED) is 0.425. The summed E-state index contributed by atoms with van der Waals surface area (Å²) in [6, 6.07) is 8.34. The average Bonchev–Trinajstić information content (AvgIpc) is 2.67. The molecule has 3 rings (SSSR count). The Bertz CT molecular complexity index is 765. The molecule has 0 radical (unpaired) electrons. The van der Waals surface area contributed by atoms with Gasteiger partial charge < -0.3 is 15.5 Å². The molecule has 0 saturated carbocycles. The number of rotatable bonds is 6. The third-order valence-corrected chi connectivity index (χ3v) is 4.87. The number of hydrogen-bond donors (Lipinski definition) is 2. The maximum atomic E-state index is 12.9. The van der Waals surface area contributed by atoms with Crippen LogP contribution < -0.4 is 15.5 Å². The van der Waals surface area contributed by atoms with Gasteiger partial charge in [0.25, 0.3) is 0 Å². The van der Waals surface area contributed by atoms with E-state index in [4.69, 9.17) is 23.8 Å². The highest BCUT2D eigenvalue weighted by atomic mass is 35.5. The highest BCUT2D eigenvalue weighted by Gasteiger charge is 2.14. The normalized spacial score (nSPS) is 14.1. The van der Waals surface area contributed by atoms with E-state index in [2.05, 4.69) is 25.5 Å². The molecule has 8 heteroatoms. The summed E-state index contributed by atoms with van der Waals surface area (Å²) in [6.45, 7) is 2.67. The van der Waals surface area contributed by atoms with Crippen LogP contribution in [0.15, 0.2) is 30.3 Å². The molecule has 2 N–H and O–H groups in total. The lowest BCUT2D eigenvalue weighted by atomic mass is 10.1. The fourth-order valence-electron chi connectivity index (χ4n) is 3.04. The second-order valence-electron chi connectivity index (χ2n) is 6.53. The maximum Gasteiger partial charge on any atom is 0.232 e. The first-order chi connectivity index (χ1) is 13.1. The Morgan fingerprint density at radius 1 is 1.15 bits per heavy atom. The lowest BCUT2D eigenvalue weighted by molar-refractivity contribution is 0.573. The summed E-state index contributed by atoms with van der Waals surface area (Å²) in [5.74, 6) is 1.02. The zero-order valence-electron chi connectivity index (χ0n) is 15.0. The molecule has 1 aliphatic heterocycles. The Labute approximate surface area is 169 Å². The molecule has 1 aromatic heterocycles. The van der Waals surface area contributed by atoms with Crippen LogP contribution in [0.1, 0.15) is 31.2 Å². The van der Waals surface area contributed by atoms with Gasteiger partial charge in [0, 0.05) is 25.7 Å². The Morgan fingerprint density at radius 3 is 2.63 bits per heavy atom. The molecule has 144 valence electrons. The van der Waals surface area contributed by atoms with Crippen molar-refractivity contribution in [3.63, 3.8) is 0 Å². The molecule has 1 aromatic carbocycles. The fraction of sp³-hybridized carbons (Fsp3) is 0.421. The second-order valence-corrected chi connectivity index (χ2v) is 7.33. The van der Waals surface area contributed by atoms with E-state index in [0.717, 1.165) is 37.3 Å². The number of halogens is 2. The first-order valence-electron chi connectivity index (χ1n) is 9.19. The molecular weight excluding hydrogens is 385 g/mol. The van der Waals surface area contributed by atoms with Crippen LogP contribution in [0.4, 0.5) is 16.2 Å². The topological polar surface area (TPSA) is 53.1 Å². The molecular formula is C19H23ClFN5S. The summed E-state index contributed by atoms with van der Waals surface area (Å²) >= 11 is 11.5. The van der Waals surface area contributed by atoms with Crippen LogP contribution in [-0.4, -0.2) is 34.7 Å². The zero-order chi connectivity index (χ0) is 19.1. The number of benzene rings is 1. The van der Waals surface area contributed by atoms with Gasteiger partial charge in [0.1, 0.15) is 16.8 Å². The van der Waals surface area contributed by atoms with Crippen LogP contribution >= 0.6 is 23.8 Å². The number of aryl methyl sites for hydroxylation is 1. The van der Waals surface area contributed by atoms with Crippen molar-refractivity contribution in [2.24, 2.45) is 0 Å². The van der Waals surface area contributed by atoms with Gasteiger partial charge in [-0.1, -0.05) is 23.7 Å². The fourth-order valence-corrected chi connectivity index (χ4v) is 3.41. The van der Waals surface area contributed by atoms with Gasteiger partial charge in [0.05, 0.1) is 0 Å². The molecule has 0 bridgehead atoms. The van der Waals surface area contributed by atoms with E-state index in [-0.39, 0.29) is 5.82 Å². The third-order valence-electron chi connectivity index (χ3n) is 4.43. The van der Waals surface area contributed by atoms with Crippen molar-refractivity contribution in [1.29, 1.82) is 0 Å². The average molecular weight is 408 g/mol. The van der Waals surface area contributed by atoms with Crippen LogP contribution in [0.3, 0.4) is 0 Å². The number of aromatic nitrogens is 2. The van der Waals surface area contributed by atoms with Crippen molar-refractivity contribution in [3.8, 4) is 0 Å². The molecule has 0 aliphatic carbocycles. The molecule has 1 fully saturated rings. The Kier molecular flexibility index (Phi) is 7.18. The monoisotopic (exact) mass is 407 g/mol. The van der Waals surface area contributed by atoms with Gasteiger partial charge in [0.15, 0.2) is 5.11 Å². The van der Waals surface area contributed by atoms with Crippen molar-refractivity contribution in [3.05, 3.63) is 46.9 Å². The van der Waals surface area contributed by atoms with Crippen LogP contribution in [-0.2, 0) is 6.42 Å². The summed E-state index contributed by atoms with van der Waals surface area (Å²) in [7, 11) is 0. The lowest BCUT2D eigenvalue weighted by Crippen LogP contribution is -2.32. The summed E-state index contributed by atoms with van der Waals surface area (Å²) in [6.07, 6.45) is 5.31. The molecule has 1 aliphatic rings. The first kappa shape index (κ1) is 19.8. The summed E-state index contributed by atoms with van der Waals surface area (Å²) in [5.41, 5.74) is 1.10. The highest BCUT2D eigenvalue weighted by Crippen LogP contribution is 2.21. The minimum atomic E-state index is -0.215. The molecule has 0 amide bonds. The highest BCUT2D eigenvalue weighted by molar-refractivity contribution is 7.80. The number of nitrogens with one attached hydrogen (secondary N) is 2. The number of thiocarbonyl (C=S) groups is 1. The third kappa shape index (κ3) is 6.29. The van der Waals surface area contributed by atoms with E-state index in [0.29, 0.717) is 22.8 Å². The van der Waals surface area contributed by atoms with Gasteiger partial charge >= 0.3 is 0 Å². The maximum absolute atomic E-state index is 12.9. The van der Waals surface area contributed by atoms with E-state index in [9.17, 15) is 4.39 Å². The lowest BCUT2D eigenvalue weighted by Gasteiger charge is -2.27. The number of piperidine rings is 1. The first-order valence-corrected chi connectivity index (χ1v) is 9.97. The van der Waals surface area contributed by atoms with E-state index >= 15 is 0 Å². The summed E-state index contributed by atoms with van der Waals surface area (Å²) < 4.78 is 12.9. The standard InChI is InChI=1S/C19H23ClFN5S/c20-16-13-17(26-11-2-1-3-12-26)24-18(23-16)25-19(27)22-10-4-5-14-6-8-15(21)9-7-14/h6-9,13H,1-5,10-12H2,(H2,22,23,24,25,27). The largest absolute Gasteiger partial charge is 0.362 e. The predicted octanol–water partition coefficient (Wildman–Crippen LogP) is 4.18. The molecule has 1 saturated heterocycles. The van der Waals surface area contributed by atoms with E-state index < -0.39 is 0 Å². The number of anilines is 2. The van der Waals surface area contributed by atoms with Gasteiger partial charge in [-0.05, 0) is 62.0 Å². The van der Waals surface area contributed by atoms with Gasteiger partial charge in [0.2, 0.25) is 5.95 Å². The van der Waals surface area contributed by atoms with Crippen LogP contribution in [0.2, 0.25) is 5.15 Å². The molecule has 0 unspecified atom stereocenters.